The summed E-state index contributed by atoms with van der Waals surface area (Å²) in [6, 6.07) is 31.3. The summed E-state index contributed by atoms with van der Waals surface area (Å²) in [6.07, 6.45) is 3.78. The largest absolute Gasteiger partial charge is 0.508 e. The predicted octanol–water partition coefficient (Wildman–Crippen LogP) is 6.81. The smallest absolute Gasteiger partial charge is 0.269 e. The van der Waals surface area contributed by atoms with Crippen molar-refractivity contribution in [1.29, 1.82) is 0 Å². The Labute approximate surface area is 240 Å². The topological polar surface area (TPSA) is 96.5 Å². The SMILES string of the molecule is O=[N+]([O-])c1ccc(Sc2ccc(N3C(=S)N[C@H](c4ccccn4)[C@@H]3c3cccn3-c3ccc(O)cc3)cc2)cc1. The first-order valence-corrected chi connectivity index (χ1v) is 13.7. The van der Waals surface area contributed by atoms with Gasteiger partial charge in [0.15, 0.2) is 5.11 Å². The first-order chi connectivity index (χ1) is 19.5. The van der Waals surface area contributed by atoms with Gasteiger partial charge in [0.25, 0.3) is 5.69 Å². The number of nitrogens with one attached hydrogen (secondary N) is 1. The highest BCUT2D eigenvalue weighted by atomic mass is 32.2. The van der Waals surface area contributed by atoms with Crippen LogP contribution in [0.1, 0.15) is 23.5 Å². The molecule has 8 nitrogen and oxygen atoms in total. The molecule has 2 atom stereocenters. The summed E-state index contributed by atoms with van der Waals surface area (Å²) >= 11 is 7.42. The third-order valence-electron chi connectivity index (χ3n) is 6.71. The Morgan fingerprint density at radius 1 is 0.875 bits per heavy atom. The molecule has 0 amide bonds. The Hall–Kier alpha value is -4.67. The predicted molar refractivity (Wildman–Crippen MR) is 159 cm³/mol. The summed E-state index contributed by atoms with van der Waals surface area (Å²) in [7, 11) is 0. The maximum atomic E-state index is 11.0. The lowest BCUT2D eigenvalue weighted by molar-refractivity contribution is -0.384. The van der Waals surface area contributed by atoms with E-state index in [9.17, 15) is 15.2 Å². The number of hydrogen-bond donors (Lipinski definition) is 2. The Morgan fingerprint density at radius 2 is 1.55 bits per heavy atom. The van der Waals surface area contributed by atoms with Gasteiger partial charge >= 0.3 is 0 Å². The van der Waals surface area contributed by atoms with Crippen LogP contribution in [-0.2, 0) is 0 Å². The molecule has 2 aromatic heterocycles. The average molecular weight is 566 g/mol. The van der Waals surface area contributed by atoms with Crippen molar-refractivity contribution >= 4 is 40.5 Å². The van der Waals surface area contributed by atoms with Crippen LogP contribution < -0.4 is 10.2 Å². The Balaban J connectivity index is 1.35. The van der Waals surface area contributed by atoms with E-state index in [1.165, 1.54) is 23.9 Å². The number of aromatic hydroxyl groups is 1. The van der Waals surface area contributed by atoms with Gasteiger partial charge in [0, 0.05) is 51.4 Å². The molecule has 3 heterocycles. The number of anilines is 1. The molecule has 40 heavy (non-hydrogen) atoms. The molecule has 0 unspecified atom stereocenters. The number of phenolic OH excluding ortho intramolecular Hbond substituents is 1. The molecule has 0 radical (unpaired) electrons. The van der Waals surface area contributed by atoms with Crippen LogP contribution in [-0.4, -0.2) is 24.7 Å². The zero-order chi connectivity index (χ0) is 27.6. The molecule has 0 spiro atoms. The van der Waals surface area contributed by atoms with Crippen LogP contribution in [0.3, 0.4) is 0 Å². The lowest BCUT2D eigenvalue weighted by atomic mass is 10.0. The van der Waals surface area contributed by atoms with Gasteiger partial charge in [0.2, 0.25) is 0 Å². The Morgan fingerprint density at radius 3 is 2.20 bits per heavy atom. The van der Waals surface area contributed by atoms with Gasteiger partial charge in [-0.2, -0.15) is 0 Å². The molecule has 5 aromatic rings. The minimum atomic E-state index is -0.400. The number of aromatic nitrogens is 2. The first kappa shape index (κ1) is 25.6. The highest BCUT2D eigenvalue weighted by Crippen LogP contribution is 2.43. The number of benzene rings is 3. The molecule has 1 aliphatic rings. The van der Waals surface area contributed by atoms with Crippen LogP contribution in [0.15, 0.2) is 125 Å². The lowest BCUT2D eigenvalue weighted by Crippen LogP contribution is -2.30. The van der Waals surface area contributed by atoms with Crippen molar-refractivity contribution in [2.75, 3.05) is 4.90 Å². The third kappa shape index (κ3) is 5.02. The molecular weight excluding hydrogens is 542 g/mol. The Bertz CT molecular complexity index is 1660. The van der Waals surface area contributed by atoms with Gasteiger partial charge in [-0.1, -0.05) is 17.8 Å². The highest BCUT2D eigenvalue weighted by Gasteiger charge is 2.42. The molecule has 6 rings (SSSR count). The summed E-state index contributed by atoms with van der Waals surface area (Å²) in [5, 5.41) is 24.9. The van der Waals surface area contributed by atoms with E-state index in [2.05, 4.69) is 25.8 Å². The molecule has 1 fully saturated rings. The number of nitro benzene ring substituents is 1. The molecule has 0 saturated carbocycles. The molecule has 0 aliphatic carbocycles. The average Bonchev–Trinajstić information content (AvgIpc) is 3.59. The molecule has 1 saturated heterocycles. The van der Waals surface area contributed by atoms with Crippen LogP contribution in [0.4, 0.5) is 11.4 Å². The summed E-state index contributed by atoms with van der Waals surface area (Å²) in [5.74, 6) is 0.209. The van der Waals surface area contributed by atoms with E-state index in [1.54, 1.807) is 30.5 Å². The van der Waals surface area contributed by atoms with Crippen molar-refractivity contribution in [3.63, 3.8) is 0 Å². The number of thiocarbonyl (C=S) groups is 1. The van der Waals surface area contributed by atoms with Crippen molar-refractivity contribution in [1.82, 2.24) is 14.9 Å². The quantitative estimate of drug-likeness (QED) is 0.126. The van der Waals surface area contributed by atoms with E-state index in [0.717, 1.165) is 32.6 Å². The van der Waals surface area contributed by atoms with Crippen molar-refractivity contribution in [2.24, 2.45) is 0 Å². The normalized spacial score (nSPS) is 16.6. The van der Waals surface area contributed by atoms with E-state index in [0.29, 0.717) is 5.11 Å². The van der Waals surface area contributed by atoms with E-state index < -0.39 is 4.92 Å². The standard InChI is InChI=1S/C30H23N5O3S2/c36-23-12-6-20(7-13-23)33-19-3-5-27(33)29-28(26-4-1-2-18-31-26)32-30(39)34(29)21-8-14-24(15-9-21)40-25-16-10-22(11-17-25)35(37)38/h1-19,28-29,36H,(H,32,39)/t28-,29+/m1/s1. The number of rotatable bonds is 7. The summed E-state index contributed by atoms with van der Waals surface area (Å²) < 4.78 is 2.10. The van der Waals surface area contributed by atoms with E-state index >= 15 is 0 Å². The second kappa shape index (κ2) is 10.8. The first-order valence-electron chi connectivity index (χ1n) is 12.5. The number of non-ortho nitro benzene ring substituents is 1. The summed E-state index contributed by atoms with van der Waals surface area (Å²) in [6.45, 7) is 0. The maximum Gasteiger partial charge on any atom is 0.269 e. The van der Waals surface area contributed by atoms with Gasteiger partial charge in [-0.15, -0.1) is 0 Å². The molecule has 0 bridgehead atoms. The molecule has 10 heteroatoms. The number of nitro groups is 1. The van der Waals surface area contributed by atoms with Crippen LogP contribution in [0.5, 0.6) is 5.75 Å². The maximum absolute atomic E-state index is 11.0. The van der Waals surface area contributed by atoms with Gasteiger partial charge in [-0.05, 0) is 97.1 Å². The zero-order valence-electron chi connectivity index (χ0n) is 21.0. The van der Waals surface area contributed by atoms with Crippen molar-refractivity contribution in [2.45, 2.75) is 21.9 Å². The fraction of sp³-hybridized carbons (Fsp3) is 0.0667. The fourth-order valence-corrected chi connectivity index (χ4v) is 6.03. The summed E-state index contributed by atoms with van der Waals surface area (Å²) in [5.41, 5.74) is 3.80. The molecule has 1 aliphatic heterocycles. The second-order valence-corrected chi connectivity index (χ2v) is 10.7. The molecule has 2 N–H and O–H groups in total. The van der Waals surface area contributed by atoms with Gasteiger partial charge in [-0.25, -0.2) is 0 Å². The van der Waals surface area contributed by atoms with Crippen molar-refractivity contribution in [3.05, 3.63) is 137 Å². The van der Waals surface area contributed by atoms with E-state index in [4.69, 9.17) is 12.2 Å². The second-order valence-electron chi connectivity index (χ2n) is 9.16. The van der Waals surface area contributed by atoms with Gasteiger partial charge in [-0.3, -0.25) is 15.1 Å². The van der Waals surface area contributed by atoms with Gasteiger partial charge < -0.3 is 19.9 Å². The number of pyridine rings is 1. The molecule has 198 valence electrons. The molecule has 3 aromatic carbocycles. The lowest BCUT2D eigenvalue weighted by Gasteiger charge is -2.29. The minimum Gasteiger partial charge on any atom is -0.508 e. The van der Waals surface area contributed by atoms with Crippen molar-refractivity contribution < 1.29 is 10.0 Å². The number of nitrogens with zero attached hydrogens (tertiary/aromatic N) is 4. The minimum absolute atomic E-state index is 0.0697. The van der Waals surface area contributed by atoms with Gasteiger partial charge in [0.05, 0.1) is 16.7 Å². The Kier molecular flexibility index (Phi) is 6.93. The fourth-order valence-electron chi connectivity index (χ4n) is 4.86. The highest BCUT2D eigenvalue weighted by molar-refractivity contribution is 7.99. The zero-order valence-corrected chi connectivity index (χ0v) is 22.6. The van der Waals surface area contributed by atoms with Crippen molar-refractivity contribution in [3.8, 4) is 11.4 Å². The van der Waals surface area contributed by atoms with E-state index in [-0.39, 0.29) is 23.5 Å². The monoisotopic (exact) mass is 565 g/mol. The van der Waals surface area contributed by atoms with Crippen LogP contribution in [0, 0.1) is 10.1 Å². The number of phenols is 1. The number of hydrogen-bond acceptors (Lipinski definition) is 6. The molecular formula is C30H23N5O3S2. The van der Waals surface area contributed by atoms with E-state index in [1.807, 2.05) is 66.9 Å². The van der Waals surface area contributed by atoms with Crippen LogP contribution in [0.25, 0.3) is 5.69 Å². The third-order valence-corrected chi connectivity index (χ3v) is 8.04. The van der Waals surface area contributed by atoms with Gasteiger partial charge in [0.1, 0.15) is 11.8 Å². The van der Waals surface area contributed by atoms with Crippen LogP contribution in [0.2, 0.25) is 0 Å². The summed E-state index contributed by atoms with van der Waals surface area (Å²) in [4.78, 5) is 19.2. The van der Waals surface area contributed by atoms with Crippen LogP contribution >= 0.6 is 24.0 Å².